The molecule has 1 amide bonds. The number of nitrogens with one attached hydrogen (secondary N) is 1. The highest BCUT2D eigenvalue weighted by molar-refractivity contribution is 6.74. The summed E-state index contributed by atoms with van der Waals surface area (Å²) in [4.78, 5) is 20.9. The second-order valence-corrected chi connectivity index (χ2v) is 13.2. The molecule has 3 aromatic rings. The maximum atomic E-state index is 12.2. The van der Waals surface area contributed by atoms with Gasteiger partial charge in [-0.2, -0.15) is 0 Å². The van der Waals surface area contributed by atoms with Gasteiger partial charge in [0.2, 0.25) is 8.32 Å². The quantitative estimate of drug-likeness (QED) is 0.547. The van der Waals surface area contributed by atoms with Crippen LogP contribution < -0.4 is 9.74 Å². The van der Waals surface area contributed by atoms with E-state index < -0.39 is 8.32 Å². The molecule has 0 radical (unpaired) electrons. The van der Waals surface area contributed by atoms with E-state index in [1.54, 1.807) is 24.5 Å². The molecule has 0 fully saturated rings. The molecular weight excluding hydrogens is 378 g/mol. The number of hydrogen-bond donors (Lipinski definition) is 1. The summed E-state index contributed by atoms with van der Waals surface area (Å²) in [6.07, 6.45) is 3.22. The van der Waals surface area contributed by atoms with Crippen molar-refractivity contribution in [3.8, 4) is 17.0 Å². The first kappa shape index (κ1) is 20.7. The van der Waals surface area contributed by atoms with Gasteiger partial charge in [-0.05, 0) is 54.5 Å². The highest BCUT2D eigenvalue weighted by Crippen LogP contribution is 2.37. The molecule has 5 nitrogen and oxygen atoms in total. The number of benzene rings is 2. The topological polar surface area (TPSA) is 64.1 Å². The fourth-order valence-electron chi connectivity index (χ4n) is 2.46. The molecule has 1 heterocycles. The van der Waals surface area contributed by atoms with Crippen molar-refractivity contribution in [2.75, 3.05) is 5.32 Å². The maximum Gasteiger partial charge on any atom is 0.256 e. The van der Waals surface area contributed by atoms with Crippen molar-refractivity contribution in [1.29, 1.82) is 0 Å². The lowest BCUT2D eigenvalue weighted by molar-refractivity contribution is 0.102. The molecule has 0 aliphatic carbocycles. The second-order valence-electron chi connectivity index (χ2n) is 8.49. The first-order chi connectivity index (χ1) is 13.7. The van der Waals surface area contributed by atoms with Crippen LogP contribution in [-0.2, 0) is 0 Å². The van der Waals surface area contributed by atoms with Crippen molar-refractivity contribution in [2.45, 2.75) is 38.9 Å². The number of anilines is 1. The Morgan fingerprint density at radius 2 is 1.59 bits per heavy atom. The molecule has 6 heteroatoms. The molecule has 0 atom stereocenters. The Balaban J connectivity index is 1.68. The van der Waals surface area contributed by atoms with Crippen molar-refractivity contribution in [3.05, 3.63) is 72.6 Å². The summed E-state index contributed by atoms with van der Waals surface area (Å²) in [7, 11) is -1.86. The number of nitrogens with zero attached hydrogens (tertiary/aromatic N) is 2. The molecular formula is C23H27N3O2Si. The highest BCUT2D eigenvalue weighted by atomic mass is 28.4. The van der Waals surface area contributed by atoms with Crippen LogP contribution in [0.25, 0.3) is 11.3 Å². The number of aromatic nitrogens is 2. The molecule has 0 spiro atoms. The van der Waals surface area contributed by atoms with Crippen LogP contribution in [0, 0.1) is 0 Å². The SMILES string of the molecule is CC(C)(C)[Si](C)(C)Oc1ccc(-c2cnc(NC(=O)c3ccccc3)cn2)cc1. The van der Waals surface area contributed by atoms with Crippen LogP contribution in [0.3, 0.4) is 0 Å². The molecule has 0 bridgehead atoms. The van der Waals surface area contributed by atoms with Gasteiger partial charge in [-0.25, -0.2) is 4.98 Å². The van der Waals surface area contributed by atoms with E-state index in [-0.39, 0.29) is 10.9 Å². The van der Waals surface area contributed by atoms with E-state index in [1.807, 2.05) is 42.5 Å². The molecule has 1 aromatic heterocycles. The summed E-state index contributed by atoms with van der Waals surface area (Å²) >= 11 is 0. The first-order valence-electron chi connectivity index (χ1n) is 9.64. The molecule has 0 saturated heterocycles. The van der Waals surface area contributed by atoms with Crippen LogP contribution in [0.2, 0.25) is 18.1 Å². The van der Waals surface area contributed by atoms with Gasteiger partial charge in [-0.3, -0.25) is 9.78 Å². The van der Waals surface area contributed by atoms with Crippen molar-refractivity contribution in [1.82, 2.24) is 9.97 Å². The van der Waals surface area contributed by atoms with Gasteiger partial charge >= 0.3 is 0 Å². The van der Waals surface area contributed by atoms with Gasteiger partial charge < -0.3 is 9.74 Å². The van der Waals surface area contributed by atoms with Crippen molar-refractivity contribution in [3.63, 3.8) is 0 Å². The molecule has 0 saturated carbocycles. The average molecular weight is 406 g/mol. The third kappa shape index (κ3) is 5.09. The zero-order chi connectivity index (χ0) is 21.1. The lowest BCUT2D eigenvalue weighted by Gasteiger charge is -2.36. The number of carbonyl (C=O) groups excluding carboxylic acids is 1. The number of carbonyl (C=O) groups is 1. The fourth-order valence-corrected chi connectivity index (χ4v) is 3.49. The van der Waals surface area contributed by atoms with Gasteiger partial charge in [0, 0.05) is 11.1 Å². The number of amides is 1. The third-order valence-electron chi connectivity index (χ3n) is 5.26. The Labute approximate surface area is 173 Å². The van der Waals surface area contributed by atoms with Crippen LogP contribution in [-0.4, -0.2) is 24.2 Å². The predicted molar refractivity (Wildman–Crippen MR) is 120 cm³/mol. The molecule has 0 unspecified atom stereocenters. The van der Waals surface area contributed by atoms with Gasteiger partial charge in [0.1, 0.15) is 5.75 Å². The Hall–Kier alpha value is -2.99. The van der Waals surface area contributed by atoms with Crippen LogP contribution in [0.4, 0.5) is 5.82 Å². The van der Waals surface area contributed by atoms with E-state index in [0.717, 1.165) is 17.0 Å². The average Bonchev–Trinajstić information content (AvgIpc) is 2.69. The summed E-state index contributed by atoms with van der Waals surface area (Å²) in [6, 6.07) is 16.9. The van der Waals surface area contributed by atoms with Crippen LogP contribution in [0.5, 0.6) is 5.75 Å². The number of hydrogen-bond acceptors (Lipinski definition) is 4. The van der Waals surface area contributed by atoms with Gasteiger partial charge in [0.15, 0.2) is 5.82 Å². The van der Waals surface area contributed by atoms with Gasteiger partial charge in [0.05, 0.1) is 18.1 Å². The normalized spacial score (nSPS) is 11.8. The molecule has 29 heavy (non-hydrogen) atoms. The zero-order valence-electron chi connectivity index (χ0n) is 17.6. The van der Waals surface area contributed by atoms with Gasteiger partial charge in [-0.15, -0.1) is 0 Å². The van der Waals surface area contributed by atoms with Crippen LogP contribution in [0.1, 0.15) is 31.1 Å². The van der Waals surface area contributed by atoms with E-state index >= 15 is 0 Å². The van der Waals surface area contributed by atoms with E-state index in [9.17, 15) is 4.79 Å². The van der Waals surface area contributed by atoms with Gasteiger partial charge in [0.25, 0.3) is 5.91 Å². The zero-order valence-corrected chi connectivity index (χ0v) is 18.6. The Kier molecular flexibility index (Phi) is 5.84. The summed E-state index contributed by atoms with van der Waals surface area (Å²) < 4.78 is 6.32. The lowest BCUT2D eigenvalue weighted by Crippen LogP contribution is -2.43. The minimum Gasteiger partial charge on any atom is -0.544 e. The molecule has 3 rings (SSSR count). The van der Waals surface area contributed by atoms with E-state index in [1.165, 1.54) is 0 Å². The minimum absolute atomic E-state index is 0.150. The van der Waals surface area contributed by atoms with Crippen molar-refractivity contribution < 1.29 is 9.22 Å². The standard InChI is InChI=1S/C23H27N3O2Si/c1-23(2,3)29(4,5)28-19-13-11-17(12-14-19)20-15-25-21(16-24-20)26-22(27)18-9-7-6-8-10-18/h6-16H,1-5H3,(H,25,26,27). The highest BCUT2D eigenvalue weighted by Gasteiger charge is 2.38. The summed E-state index contributed by atoms with van der Waals surface area (Å²) in [5, 5.41) is 2.91. The summed E-state index contributed by atoms with van der Waals surface area (Å²) in [5.74, 6) is 1.08. The molecule has 1 N–H and O–H groups in total. The predicted octanol–water partition coefficient (Wildman–Crippen LogP) is 5.78. The second kappa shape index (κ2) is 8.17. The minimum atomic E-state index is -1.86. The summed E-state index contributed by atoms with van der Waals surface area (Å²) in [5.41, 5.74) is 2.26. The van der Waals surface area contributed by atoms with Crippen molar-refractivity contribution >= 4 is 20.0 Å². The molecule has 0 aliphatic heterocycles. The maximum absolute atomic E-state index is 12.2. The third-order valence-corrected chi connectivity index (χ3v) is 9.62. The van der Waals surface area contributed by atoms with Gasteiger partial charge in [-0.1, -0.05) is 39.0 Å². The Morgan fingerprint density at radius 1 is 0.931 bits per heavy atom. The molecule has 0 aliphatic rings. The van der Waals surface area contributed by atoms with Crippen LogP contribution in [0.15, 0.2) is 67.0 Å². The van der Waals surface area contributed by atoms with E-state index in [2.05, 4.69) is 49.1 Å². The lowest BCUT2D eigenvalue weighted by atomic mass is 10.1. The van der Waals surface area contributed by atoms with E-state index in [4.69, 9.17) is 4.43 Å². The monoisotopic (exact) mass is 405 g/mol. The Bertz CT molecular complexity index is 964. The number of rotatable bonds is 5. The van der Waals surface area contributed by atoms with Crippen LogP contribution >= 0.6 is 0 Å². The fraction of sp³-hybridized carbons (Fsp3) is 0.261. The molecule has 150 valence electrons. The Morgan fingerprint density at radius 3 is 2.14 bits per heavy atom. The molecule has 2 aromatic carbocycles. The largest absolute Gasteiger partial charge is 0.544 e. The van der Waals surface area contributed by atoms with Crippen molar-refractivity contribution in [2.24, 2.45) is 0 Å². The first-order valence-corrected chi connectivity index (χ1v) is 12.5. The summed E-state index contributed by atoms with van der Waals surface area (Å²) in [6.45, 7) is 11.1. The smallest absolute Gasteiger partial charge is 0.256 e. The van der Waals surface area contributed by atoms with E-state index in [0.29, 0.717) is 11.4 Å².